The summed E-state index contributed by atoms with van der Waals surface area (Å²) >= 11 is 1.62. The summed E-state index contributed by atoms with van der Waals surface area (Å²) in [5.41, 5.74) is 0.188. The molecular weight excluding hydrogens is 186 g/mol. The van der Waals surface area contributed by atoms with Crippen LogP contribution in [0.3, 0.4) is 0 Å². The van der Waals surface area contributed by atoms with Crippen LogP contribution >= 0.6 is 11.9 Å². The number of nitrogens with one attached hydrogen (secondary N) is 1. The van der Waals surface area contributed by atoms with Gasteiger partial charge in [-0.15, -0.1) is 0 Å². The molecular formula is C8H13N3OS. The van der Waals surface area contributed by atoms with E-state index >= 15 is 0 Å². The molecule has 1 fully saturated rings. The molecule has 2 heterocycles. The van der Waals surface area contributed by atoms with E-state index in [0.717, 1.165) is 18.9 Å². The summed E-state index contributed by atoms with van der Waals surface area (Å²) < 4.78 is 3.12. The third-order valence-electron chi connectivity index (χ3n) is 2.28. The van der Waals surface area contributed by atoms with E-state index in [1.807, 2.05) is 6.92 Å². The molecule has 0 aliphatic carbocycles. The van der Waals surface area contributed by atoms with Gasteiger partial charge in [0, 0.05) is 25.9 Å². The monoisotopic (exact) mass is 199 g/mol. The SMILES string of the molecule is CC1=NC(N2CCC(=O)CC2)SN1. The first-order valence-corrected chi connectivity index (χ1v) is 5.35. The normalized spacial score (nSPS) is 30.1. The van der Waals surface area contributed by atoms with E-state index in [0.29, 0.717) is 18.6 Å². The quantitative estimate of drug-likeness (QED) is 0.628. The lowest BCUT2D eigenvalue weighted by molar-refractivity contribution is -0.121. The summed E-state index contributed by atoms with van der Waals surface area (Å²) in [6, 6.07) is 0. The second-order valence-corrected chi connectivity index (χ2v) is 4.20. The van der Waals surface area contributed by atoms with Crippen LogP contribution < -0.4 is 4.72 Å². The highest BCUT2D eigenvalue weighted by Gasteiger charge is 2.26. The van der Waals surface area contributed by atoms with Gasteiger partial charge in [0.15, 0.2) is 5.50 Å². The summed E-state index contributed by atoms with van der Waals surface area (Å²) in [7, 11) is 0. The predicted octanol–water partition coefficient (Wildman–Crippen LogP) is 0.605. The molecule has 0 aromatic carbocycles. The lowest BCUT2D eigenvalue weighted by Crippen LogP contribution is -2.38. The molecule has 1 atom stereocenters. The number of aliphatic imine (C=N–C) groups is 1. The predicted molar refractivity (Wildman–Crippen MR) is 53.4 cm³/mol. The Bertz CT molecular complexity index is 244. The number of hydrogen-bond donors (Lipinski definition) is 1. The van der Waals surface area contributed by atoms with Crippen molar-refractivity contribution in [2.75, 3.05) is 13.1 Å². The van der Waals surface area contributed by atoms with Gasteiger partial charge in [-0.2, -0.15) is 0 Å². The van der Waals surface area contributed by atoms with E-state index in [2.05, 4.69) is 14.6 Å². The van der Waals surface area contributed by atoms with E-state index in [9.17, 15) is 4.79 Å². The first-order valence-electron chi connectivity index (χ1n) is 4.47. The molecule has 4 nitrogen and oxygen atoms in total. The van der Waals surface area contributed by atoms with Gasteiger partial charge in [-0.1, -0.05) is 0 Å². The molecule has 2 aliphatic rings. The van der Waals surface area contributed by atoms with Crippen LogP contribution in [0.15, 0.2) is 4.99 Å². The molecule has 0 bridgehead atoms. The highest BCUT2D eigenvalue weighted by Crippen LogP contribution is 2.22. The first-order chi connectivity index (χ1) is 6.25. The van der Waals surface area contributed by atoms with E-state index in [1.165, 1.54) is 0 Å². The number of rotatable bonds is 1. The Balaban J connectivity index is 1.91. The van der Waals surface area contributed by atoms with E-state index in [-0.39, 0.29) is 5.50 Å². The Kier molecular flexibility index (Phi) is 2.55. The summed E-state index contributed by atoms with van der Waals surface area (Å²) in [6.07, 6.45) is 1.37. The Morgan fingerprint density at radius 3 is 2.77 bits per heavy atom. The van der Waals surface area contributed by atoms with Crippen molar-refractivity contribution in [3.8, 4) is 0 Å². The zero-order valence-corrected chi connectivity index (χ0v) is 8.43. The Morgan fingerprint density at radius 1 is 1.54 bits per heavy atom. The summed E-state index contributed by atoms with van der Waals surface area (Å²) in [6.45, 7) is 3.67. The molecule has 2 aliphatic heterocycles. The molecule has 5 heteroatoms. The topological polar surface area (TPSA) is 44.7 Å². The van der Waals surface area contributed by atoms with Crippen LogP contribution in [0.4, 0.5) is 0 Å². The second-order valence-electron chi connectivity index (χ2n) is 3.34. The van der Waals surface area contributed by atoms with Crippen LogP contribution in [0.1, 0.15) is 19.8 Å². The fraction of sp³-hybridized carbons (Fsp3) is 0.750. The van der Waals surface area contributed by atoms with Crippen LogP contribution in [0, 0.1) is 0 Å². The van der Waals surface area contributed by atoms with Crippen molar-refractivity contribution in [3.05, 3.63) is 0 Å². The average molecular weight is 199 g/mol. The summed E-state index contributed by atoms with van der Waals surface area (Å²) in [4.78, 5) is 17.7. The number of amidine groups is 1. The van der Waals surface area contributed by atoms with Gasteiger partial charge in [0.1, 0.15) is 11.6 Å². The largest absolute Gasteiger partial charge is 0.315 e. The first kappa shape index (κ1) is 9.02. The van der Waals surface area contributed by atoms with Gasteiger partial charge in [-0.25, -0.2) is 4.99 Å². The highest BCUT2D eigenvalue weighted by molar-refractivity contribution is 7.98. The van der Waals surface area contributed by atoms with Crippen molar-refractivity contribution in [3.63, 3.8) is 0 Å². The molecule has 0 spiro atoms. The molecule has 0 saturated carbocycles. The molecule has 72 valence electrons. The maximum Gasteiger partial charge on any atom is 0.170 e. The molecule has 0 radical (unpaired) electrons. The van der Waals surface area contributed by atoms with Gasteiger partial charge in [-0.3, -0.25) is 9.69 Å². The van der Waals surface area contributed by atoms with Crippen LogP contribution in [-0.2, 0) is 4.79 Å². The van der Waals surface area contributed by atoms with E-state index < -0.39 is 0 Å². The number of hydrogen-bond acceptors (Lipinski definition) is 5. The maximum atomic E-state index is 11.0. The standard InChI is InChI=1S/C8H13N3OS/c1-6-9-8(13-10-6)11-4-2-7(12)3-5-11/h8H,2-5H2,1H3,(H,9,10). The summed E-state index contributed by atoms with van der Waals surface area (Å²) in [5.74, 6) is 1.36. The third kappa shape index (κ3) is 2.03. The Labute approximate surface area is 81.9 Å². The van der Waals surface area contributed by atoms with Crippen molar-refractivity contribution in [1.82, 2.24) is 9.62 Å². The van der Waals surface area contributed by atoms with Gasteiger partial charge in [0.2, 0.25) is 0 Å². The Morgan fingerprint density at radius 2 is 2.23 bits per heavy atom. The summed E-state index contributed by atoms with van der Waals surface area (Å²) in [5, 5.41) is 0. The lowest BCUT2D eigenvalue weighted by atomic mass is 10.1. The molecule has 0 aromatic rings. The fourth-order valence-corrected chi connectivity index (χ4v) is 2.41. The number of ketones is 1. The maximum absolute atomic E-state index is 11.0. The molecule has 1 N–H and O–H groups in total. The smallest absolute Gasteiger partial charge is 0.170 e. The molecule has 13 heavy (non-hydrogen) atoms. The molecule has 2 rings (SSSR count). The number of carbonyl (C=O) groups excluding carboxylic acids is 1. The average Bonchev–Trinajstić information content (AvgIpc) is 2.53. The number of likely N-dealkylation sites (tertiary alicyclic amines) is 1. The lowest BCUT2D eigenvalue weighted by Gasteiger charge is -2.28. The molecule has 0 aromatic heterocycles. The van der Waals surface area contributed by atoms with Crippen LogP contribution in [-0.4, -0.2) is 35.1 Å². The number of piperidine rings is 1. The van der Waals surface area contributed by atoms with Crippen LogP contribution in [0.2, 0.25) is 0 Å². The zero-order valence-electron chi connectivity index (χ0n) is 7.62. The van der Waals surface area contributed by atoms with Gasteiger partial charge in [0.05, 0.1) is 0 Å². The van der Waals surface area contributed by atoms with E-state index in [1.54, 1.807) is 11.9 Å². The van der Waals surface area contributed by atoms with Crippen molar-refractivity contribution in [1.29, 1.82) is 0 Å². The Hall–Kier alpha value is -0.550. The van der Waals surface area contributed by atoms with Crippen molar-refractivity contribution in [2.45, 2.75) is 25.3 Å². The van der Waals surface area contributed by atoms with Crippen molar-refractivity contribution < 1.29 is 4.79 Å². The third-order valence-corrected chi connectivity index (χ3v) is 3.31. The molecule has 0 amide bonds. The minimum Gasteiger partial charge on any atom is -0.315 e. The molecule has 1 unspecified atom stereocenters. The minimum absolute atomic E-state index is 0.188. The highest BCUT2D eigenvalue weighted by atomic mass is 32.2. The zero-order chi connectivity index (χ0) is 9.26. The number of carbonyl (C=O) groups is 1. The van der Waals surface area contributed by atoms with Crippen LogP contribution in [0.5, 0.6) is 0 Å². The van der Waals surface area contributed by atoms with Gasteiger partial charge in [-0.05, 0) is 18.9 Å². The van der Waals surface area contributed by atoms with Gasteiger partial charge < -0.3 is 4.72 Å². The molecule has 1 saturated heterocycles. The van der Waals surface area contributed by atoms with Crippen LogP contribution in [0.25, 0.3) is 0 Å². The van der Waals surface area contributed by atoms with Gasteiger partial charge in [0.25, 0.3) is 0 Å². The number of Topliss-reactive ketones (excluding diaryl/α,β-unsaturated/α-hetero) is 1. The van der Waals surface area contributed by atoms with E-state index in [4.69, 9.17) is 0 Å². The van der Waals surface area contributed by atoms with Crippen molar-refractivity contribution in [2.24, 2.45) is 4.99 Å². The fourth-order valence-electron chi connectivity index (χ4n) is 1.51. The minimum atomic E-state index is 0.188. The van der Waals surface area contributed by atoms with Crippen molar-refractivity contribution >= 4 is 23.6 Å². The number of nitrogens with zero attached hydrogens (tertiary/aromatic N) is 2. The van der Waals surface area contributed by atoms with Gasteiger partial charge >= 0.3 is 0 Å². The second kappa shape index (κ2) is 3.67.